The number of para-hydroxylation sites is 1. The summed E-state index contributed by atoms with van der Waals surface area (Å²) in [7, 11) is 0. The van der Waals surface area contributed by atoms with Crippen LogP contribution in [0.2, 0.25) is 10.0 Å². The fourth-order valence-corrected chi connectivity index (χ4v) is 4.99. The molecule has 0 bridgehead atoms. The van der Waals surface area contributed by atoms with E-state index < -0.39 is 5.72 Å². The highest BCUT2D eigenvalue weighted by atomic mass is 35.5. The number of nitrogens with one attached hydrogen (secondary N) is 2. The third kappa shape index (κ3) is 3.55. The first-order chi connectivity index (χ1) is 16.5. The highest BCUT2D eigenvalue weighted by Gasteiger charge is 2.52. The van der Waals surface area contributed by atoms with Crippen LogP contribution in [-0.4, -0.2) is 21.1 Å². The number of ether oxygens (including phenoxy) is 1. The minimum absolute atomic E-state index is 0.203. The van der Waals surface area contributed by atoms with Gasteiger partial charge in [-0.2, -0.15) is 4.98 Å². The van der Waals surface area contributed by atoms with E-state index in [1.165, 1.54) is 11.8 Å². The number of hydrogen-bond donors (Lipinski definition) is 2. The molecule has 10 heteroatoms. The van der Waals surface area contributed by atoms with Gasteiger partial charge in [-0.3, -0.25) is 4.79 Å². The number of nitrogens with zero attached hydrogens (tertiary/aromatic N) is 3. The molecule has 168 valence electrons. The van der Waals surface area contributed by atoms with Crippen molar-refractivity contribution in [2.75, 3.05) is 10.6 Å². The van der Waals surface area contributed by atoms with Gasteiger partial charge in [-0.15, -0.1) is 10.2 Å². The Morgan fingerprint density at radius 2 is 1.74 bits per heavy atom. The summed E-state index contributed by atoms with van der Waals surface area (Å²) in [5, 5.41) is 16.5. The summed E-state index contributed by atoms with van der Waals surface area (Å²) >= 11 is 13.7. The third-order valence-corrected chi connectivity index (χ3v) is 6.98. The number of rotatable bonds is 3. The van der Waals surface area contributed by atoms with E-state index in [9.17, 15) is 4.79 Å². The quantitative estimate of drug-likeness (QED) is 0.341. The van der Waals surface area contributed by atoms with Crippen molar-refractivity contribution in [3.8, 4) is 17.1 Å². The lowest BCUT2D eigenvalue weighted by Gasteiger charge is -2.28. The monoisotopic (exact) mass is 507 g/mol. The van der Waals surface area contributed by atoms with Gasteiger partial charge in [0, 0.05) is 27.0 Å². The van der Waals surface area contributed by atoms with Crippen LogP contribution >= 0.6 is 35.0 Å². The lowest BCUT2D eigenvalue weighted by atomic mass is 10.0. The van der Waals surface area contributed by atoms with Gasteiger partial charge in [-0.25, -0.2) is 0 Å². The lowest BCUT2D eigenvalue weighted by Crippen LogP contribution is -2.47. The molecule has 1 aromatic heterocycles. The van der Waals surface area contributed by atoms with Crippen molar-refractivity contribution in [3.05, 3.63) is 87.9 Å². The van der Waals surface area contributed by atoms with E-state index >= 15 is 0 Å². The fourth-order valence-electron chi connectivity index (χ4n) is 3.96. The Hall–Kier alpha value is -3.33. The third-order valence-electron chi connectivity index (χ3n) is 5.59. The minimum Gasteiger partial charge on any atom is -0.435 e. The zero-order chi connectivity index (χ0) is 23.3. The molecule has 1 unspecified atom stereocenters. The SMILES string of the molecule is O=C1Nc2ccc(Cl)cc2C12Nc1ccccc1-c1nnc(SCc3ccc(Cl)cc3)nc1O2. The molecule has 3 aromatic carbocycles. The number of halogens is 2. The van der Waals surface area contributed by atoms with Gasteiger partial charge >= 0.3 is 0 Å². The van der Waals surface area contributed by atoms with E-state index in [-0.39, 0.29) is 11.8 Å². The number of amides is 1. The molecule has 0 saturated heterocycles. The molecule has 34 heavy (non-hydrogen) atoms. The predicted molar refractivity (Wildman–Crippen MR) is 132 cm³/mol. The van der Waals surface area contributed by atoms with Gasteiger partial charge in [0.2, 0.25) is 11.0 Å². The Kier molecular flexibility index (Phi) is 5.09. The van der Waals surface area contributed by atoms with Crippen molar-refractivity contribution in [1.82, 2.24) is 15.2 Å². The molecular formula is C24H15Cl2N5O2S. The van der Waals surface area contributed by atoms with Crippen LogP contribution in [0.25, 0.3) is 11.3 Å². The van der Waals surface area contributed by atoms with Crippen LogP contribution in [0.5, 0.6) is 5.88 Å². The maximum absolute atomic E-state index is 13.3. The second kappa shape index (κ2) is 8.16. The van der Waals surface area contributed by atoms with Crippen molar-refractivity contribution in [1.29, 1.82) is 0 Å². The van der Waals surface area contributed by atoms with Crippen LogP contribution in [0.4, 0.5) is 11.4 Å². The topological polar surface area (TPSA) is 89.0 Å². The van der Waals surface area contributed by atoms with E-state index in [4.69, 9.17) is 27.9 Å². The van der Waals surface area contributed by atoms with Gasteiger partial charge < -0.3 is 15.4 Å². The molecule has 2 N–H and O–H groups in total. The molecule has 0 fully saturated rings. The smallest absolute Gasteiger partial charge is 0.295 e. The highest BCUT2D eigenvalue weighted by Crippen LogP contribution is 2.47. The number of benzene rings is 3. The first kappa shape index (κ1) is 21.2. The van der Waals surface area contributed by atoms with E-state index in [1.807, 2.05) is 48.5 Å². The second-order valence-electron chi connectivity index (χ2n) is 7.76. The summed E-state index contributed by atoms with van der Waals surface area (Å²) < 4.78 is 6.36. The molecule has 0 radical (unpaired) electrons. The molecule has 7 nitrogen and oxygen atoms in total. The van der Waals surface area contributed by atoms with Crippen LogP contribution < -0.4 is 15.4 Å². The largest absolute Gasteiger partial charge is 0.435 e. The number of anilines is 2. The standard InChI is InChI=1S/C24H15Cl2N5O2S/c25-14-7-5-13(6-8-14)12-34-23-28-21-20(30-31-23)16-3-1-2-4-18(16)29-24(33-21)17-11-15(26)9-10-19(17)27-22(24)32/h1-11,29H,12H2,(H,27,32). The number of hydrogen-bond acceptors (Lipinski definition) is 7. The summed E-state index contributed by atoms with van der Waals surface area (Å²) in [5.41, 5.74) is 2.53. The first-order valence-electron chi connectivity index (χ1n) is 10.3. The van der Waals surface area contributed by atoms with E-state index in [1.54, 1.807) is 18.2 Å². The van der Waals surface area contributed by atoms with Gasteiger partial charge in [0.1, 0.15) is 0 Å². The van der Waals surface area contributed by atoms with Crippen LogP contribution in [0, 0.1) is 0 Å². The molecule has 1 spiro atoms. The van der Waals surface area contributed by atoms with Crippen molar-refractivity contribution >= 4 is 52.2 Å². The average Bonchev–Trinajstić information content (AvgIpc) is 3.00. The summed E-state index contributed by atoms with van der Waals surface area (Å²) in [5.74, 6) is 0.451. The van der Waals surface area contributed by atoms with Crippen LogP contribution in [-0.2, 0) is 16.3 Å². The van der Waals surface area contributed by atoms with Crippen LogP contribution in [0.3, 0.4) is 0 Å². The van der Waals surface area contributed by atoms with Crippen LogP contribution in [0.15, 0.2) is 71.9 Å². The van der Waals surface area contributed by atoms with Gasteiger partial charge in [0.25, 0.3) is 11.6 Å². The Morgan fingerprint density at radius 1 is 0.941 bits per heavy atom. The maximum atomic E-state index is 13.3. The Balaban J connectivity index is 1.44. The molecule has 4 aromatic rings. The van der Waals surface area contributed by atoms with E-state index in [0.29, 0.717) is 43.6 Å². The molecule has 0 aliphatic carbocycles. The van der Waals surface area contributed by atoms with Gasteiger partial charge in [-0.05, 0) is 42.0 Å². The molecule has 3 heterocycles. The van der Waals surface area contributed by atoms with Crippen molar-refractivity contribution in [2.24, 2.45) is 0 Å². The number of fused-ring (bicyclic) bond motifs is 5. The fraction of sp³-hybridized carbons (Fsp3) is 0.0833. The molecule has 6 rings (SSSR count). The highest BCUT2D eigenvalue weighted by molar-refractivity contribution is 7.98. The normalized spacial score (nSPS) is 17.6. The zero-order valence-corrected chi connectivity index (χ0v) is 19.7. The summed E-state index contributed by atoms with van der Waals surface area (Å²) in [6.45, 7) is 0. The molecule has 1 atom stereocenters. The predicted octanol–water partition coefficient (Wildman–Crippen LogP) is 5.75. The number of thioether (sulfide) groups is 1. The minimum atomic E-state index is -1.56. The summed E-state index contributed by atoms with van der Waals surface area (Å²) in [6.07, 6.45) is 0. The zero-order valence-electron chi connectivity index (χ0n) is 17.4. The molecule has 2 aliphatic heterocycles. The Labute approximate surface area is 208 Å². The van der Waals surface area contributed by atoms with Gasteiger partial charge in [0.05, 0.1) is 11.3 Å². The van der Waals surface area contributed by atoms with Crippen molar-refractivity contribution in [3.63, 3.8) is 0 Å². The molecule has 1 amide bonds. The Morgan fingerprint density at radius 3 is 2.59 bits per heavy atom. The summed E-state index contributed by atoms with van der Waals surface area (Å²) in [6, 6.07) is 20.2. The van der Waals surface area contributed by atoms with Gasteiger partial charge in [0.15, 0.2) is 5.69 Å². The summed E-state index contributed by atoms with van der Waals surface area (Å²) in [4.78, 5) is 17.9. The van der Waals surface area contributed by atoms with E-state index in [2.05, 4.69) is 25.8 Å². The second-order valence-corrected chi connectivity index (χ2v) is 9.58. The van der Waals surface area contributed by atoms with Gasteiger partial charge in [-0.1, -0.05) is 65.3 Å². The van der Waals surface area contributed by atoms with Crippen LogP contribution in [0.1, 0.15) is 11.1 Å². The maximum Gasteiger partial charge on any atom is 0.295 e. The Bertz CT molecular complexity index is 1450. The average molecular weight is 508 g/mol. The number of aromatic nitrogens is 3. The van der Waals surface area contributed by atoms with Crippen molar-refractivity contribution < 1.29 is 9.53 Å². The number of carbonyl (C=O) groups excluding carboxylic acids is 1. The number of carbonyl (C=O) groups is 1. The molecule has 0 saturated carbocycles. The lowest BCUT2D eigenvalue weighted by molar-refractivity contribution is -0.128. The molecular weight excluding hydrogens is 493 g/mol. The van der Waals surface area contributed by atoms with Crippen molar-refractivity contribution in [2.45, 2.75) is 16.6 Å². The first-order valence-corrected chi connectivity index (χ1v) is 12.1. The van der Waals surface area contributed by atoms with E-state index in [0.717, 1.165) is 11.1 Å². The molecule has 2 aliphatic rings.